The first-order chi connectivity index (χ1) is 4.31. The van der Waals surface area contributed by atoms with Gasteiger partial charge in [-0.25, -0.2) is 0 Å². The van der Waals surface area contributed by atoms with Gasteiger partial charge in [-0.15, -0.1) is 0 Å². The third-order valence-electron chi connectivity index (χ3n) is 1.19. The minimum Gasteiger partial charge on any atom is -0.389 e. The molecule has 1 nitrogen and oxygen atoms in total. The fourth-order valence-electron chi connectivity index (χ4n) is 0.712. The summed E-state index contributed by atoms with van der Waals surface area (Å²) in [7, 11) is 0. The van der Waals surface area contributed by atoms with Crippen molar-refractivity contribution in [2.45, 2.75) is 33.6 Å². The molecule has 0 bridgehead atoms. The molecule has 9 heavy (non-hydrogen) atoms. The Morgan fingerprint density at radius 2 is 2.11 bits per heavy atom. The highest BCUT2D eigenvalue weighted by Gasteiger charge is 1.81. The molecular formula is C8H17N. The van der Waals surface area contributed by atoms with E-state index < -0.39 is 0 Å². The van der Waals surface area contributed by atoms with Crippen LogP contribution in [0, 0.1) is 0 Å². The van der Waals surface area contributed by atoms with Crippen molar-refractivity contribution in [3.63, 3.8) is 0 Å². The lowest BCUT2D eigenvalue weighted by Crippen LogP contribution is -2.08. The van der Waals surface area contributed by atoms with Crippen LogP contribution < -0.4 is 5.32 Å². The Labute approximate surface area is 58.2 Å². The summed E-state index contributed by atoms with van der Waals surface area (Å²) in [4.78, 5) is 0. The number of hydrogen-bond acceptors (Lipinski definition) is 1. The van der Waals surface area contributed by atoms with Crippen LogP contribution in [0.1, 0.15) is 33.6 Å². The fraction of sp³-hybridized carbons (Fsp3) is 0.750. The molecule has 0 aromatic heterocycles. The Bertz CT molecular complexity index is 84.6. The minimum atomic E-state index is 1.03. The van der Waals surface area contributed by atoms with Gasteiger partial charge in [-0.2, -0.15) is 0 Å². The second kappa shape index (κ2) is 5.67. The molecule has 0 heterocycles. The third kappa shape index (κ3) is 5.41. The number of allylic oxidation sites excluding steroid dienone is 2. The van der Waals surface area contributed by atoms with E-state index in [0.29, 0.717) is 0 Å². The van der Waals surface area contributed by atoms with Gasteiger partial charge < -0.3 is 5.32 Å². The molecule has 0 spiro atoms. The Hall–Kier alpha value is -0.460. The van der Waals surface area contributed by atoms with E-state index in [4.69, 9.17) is 0 Å². The van der Waals surface area contributed by atoms with E-state index in [1.54, 1.807) is 0 Å². The van der Waals surface area contributed by atoms with Crippen molar-refractivity contribution >= 4 is 0 Å². The van der Waals surface area contributed by atoms with Crippen LogP contribution in [0.3, 0.4) is 0 Å². The number of unbranched alkanes of at least 4 members (excludes halogenated alkanes) is 1. The van der Waals surface area contributed by atoms with Crippen molar-refractivity contribution in [3.8, 4) is 0 Å². The lowest BCUT2D eigenvalue weighted by Gasteiger charge is -2.00. The van der Waals surface area contributed by atoms with Gasteiger partial charge in [0.05, 0.1) is 0 Å². The first-order valence-corrected chi connectivity index (χ1v) is 3.71. The molecule has 0 unspecified atom stereocenters. The standard InChI is InChI=1S/C8H17N/c1-4-6-7-8(3)9-5-2/h7,9H,4-6H2,1-3H3. The minimum absolute atomic E-state index is 1.03. The zero-order valence-electron chi connectivity index (χ0n) is 6.70. The second-order valence-electron chi connectivity index (χ2n) is 2.21. The normalized spacial score (nSPS) is 11.7. The van der Waals surface area contributed by atoms with E-state index in [1.165, 1.54) is 18.5 Å². The second-order valence-corrected chi connectivity index (χ2v) is 2.21. The molecule has 0 aliphatic heterocycles. The van der Waals surface area contributed by atoms with Gasteiger partial charge >= 0.3 is 0 Å². The Morgan fingerprint density at radius 1 is 1.44 bits per heavy atom. The highest BCUT2D eigenvalue weighted by atomic mass is 14.8. The van der Waals surface area contributed by atoms with Crippen molar-refractivity contribution in [2.24, 2.45) is 0 Å². The predicted octanol–water partition coefficient (Wildman–Crippen LogP) is 2.30. The van der Waals surface area contributed by atoms with Crippen LogP contribution in [0.4, 0.5) is 0 Å². The van der Waals surface area contributed by atoms with Crippen molar-refractivity contribution in [3.05, 3.63) is 11.8 Å². The summed E-state index contributed by atoms with van der Waals surface area (Å²) in [6.07, 6.45) is 4.67. The molecule has 0 rings (SSSR count). The molecule has 0 aromatic rings. The molecule has 0 aliphatic carbocycles. The summed E-state index contributed by atoms with van der Waals surface area (Å²) in [6.45, 7) is 7.45. The number of nitrogens with one attached hydrogen (secondary N) is 1. The number of rotatable bonds is 4. The van der Waals surface area contributed by atoms with E-state index >= 15 is 0 Å². The van der Waals surface area contributed by atoms with E-state index in [1.807, 2.05) is 0 Å². The summed E-state index contributed by atoms with van der Waals surface area (Å²) in [6, 6.07) is 0. The summed E-state index contributed by atoms with van der Waals surface area (Å²) < 4.78 is 0. The van der Waals surface area contributed by atoms with Gasteiger partial charge in [-0.05, 0) is 20.3 Å². The maximum atomic E-state index is 3.24. The van der Waals surface area contributed by atoms with Gasteiger partial charge in [-0.3, -0.25) is 0 Å². The Morgan fingerprint density at radius 3 is 2.56 bits per heavy atom. The third-order valence-corrected chi connectivity index (χ3v) is 1.19. The average molecular weight is 127 g/mol. The topological polar surface area (TPSA) is 12.0 Å². The van der Waals surface area contributed by atoms with Gasteiger partial charge in [0.2, 0.25) is 0 Å². The zero-order valence-corrected chi connectivity index (χ0v) is 6.70. The molecule has 1 heteroatoms. The molecule has 0 fully saturated rings. The van der Waals surface area contributed by atoms with Gasteiger partial charge in [0.25, 0.3) is 0 Å². The highest BCUT2D eigenvalue weighted by molar-refractivity contribution is 4.94. The van der Waals surface area contributed by atoms with Crippen LogP contribution in [-0.2, 0) is 0 Å². The lowest BCUT2D eigenvalue weighted by molar-refractivity contribution is 0.832. The molecule has 0 saturated heterocycles. The number of hydrogen-bond donors (Lipinski definition) is 1. The van der Waals surface area contributed by atoms with Crippen molar-refractivity contribution in [1.29, 1.82) is 0 Å². The molecular weight excluding hydrogens is 110 g/mol. The smallest absolute Gasteiger partial charge is 0.0115 e. The predicted molar refractivity (Wildman–Crippen MR) is 42.3 cm³/mol. The molecule has 0 radical (unpaired) electrons. The first-order valence-electron chi connectivity index (χ1n) is 3.71. The van der Waals surface area contributed by atoms with E-state index in [9.17, 15) is 0 Å². The molecule has 0 amide bonds. The maximum absolute atomic E-state index is 3.24. The summed E-state index contributed by atoms with van der Waals surface area (Å²) in [5.74, 6) is 0. The Balaban J connectivity index is 3.30. The van der Waals surface area contributed by atoms with Gasteiger partial charge in [0.15, 0.2) is 0 Å². The highest BCUT2D eigenvalue weighted by Crippen LogP contribution is 1.92. The SMILES string of the molecule is CCCC=C(C)NCC. The zero-order chi connectivity index (χ0) is 7.11. The van der Waals surface area contributed by atoms with Crippen LogP contribution in [0.5, 0.6) is 0 Å². The Kier molecular flexibility index (Phi) is 5.38. The average Bonchev–Trinajstić information content (AvgIpc) is 1.85. The maximum Gasteiger partial charge on any atom is 0.0115 e. The summed E-state index contributed by atoms with van der Waals surface area (Å²) in [5, 5.41) is 3.24. The molecule has 54 valence electrons. The van der Waals surface area contributed by atoms with Crippen LogP contribution in [0.15, 0.2) is 11.8 Å². The van der Waals surface area contributed by atoms with Gasteiger partial charge in [0.1, 0.15) is 0 Å². The van der Waals surface area contributed by atoms with E-state index in [-0.39, 0.29) is 0 Å². The van der Waals surface area contributed by atoms with E-state index in [0.717, 1.165) is 6.54 Å². The van der Waals surface area contributed by atoms with Gasteiger partial charge in [-0.1, -0.05) is 19.4 Å². The van der Waals surface area contributed by atoms with Crippen LogP contribution in [0.2, 0.25) is 0 Å². The van der Waals surface area contributed by atoms with Crippen LogP contribution in [0.25, 0.3) is 0 Å². The molecule has 0 aromatic carbocycles. The molecule has 0 atom stereocenters. The van der Waals surface area contributed by atoms with Gasteiger partial charge in [0, 0.05) is 12.2 Å². The van der Waals surface area contributed by atoms with Crippen LogP contribution >= 0.6 is 0 Å². The fourth-order valence-corrected chi connectivity index (χ4v) is 0.712. The summed E-state index contributed by atoms with van der Waals surface area (Å²) in [5.41, 5.74) is 1.30. The molecule has 0 aliphatic rings. The van der Waals surface area contributed by atoms with Crippen molar-refractivity contribution < 1.29 is 0 Å². The summed E-state index contributed by atoms with van der Waals surface area (Å²) >= 11 is 0. The van der Waals surface area contributed by atoms with E-state index in [2.05, 4.69) is 32.2 Å². The van der Waals surface area contributed by atoms with Crippen molar-refractivity contribution in [1.82, 2.24) is 5.32 Å². The molecule has 1 N–H and O–H groups in total. The van der Waals surface area contributed by atoms with Crippen LogP contribution in [-0.4, -0.2) is 6.54 Å². The quantitative estimate of drug-likeness (QED) is 0.611. The van der Waals surface area contributed by atoms with Crippen molar-refractivity contribution in [2.75, 3.05) is 6.54 Å². The largest absolute Gasteiger partial charge is 0.389 e. The lowest BCUT2D eigenvalue weighted by atomic mass is 10.3. The monoisotopic (exact) mass is 127 g/mol. The molecule has 0 saturated carbocycles. The first kappa shape index (κ1) is 8.54.